The van der Waals surface area contributed by atoms with Crippen molar-refractivity contribution in [3.8, 4) is 5.75 Å². The van der Waals surface area contributed by atoms with Crippen LogP contribution in [0, 0.1) is 0 Å². The largest absolute Gasteiger partial charge is 0.497 e. The van der Waals surface area contributed by atoms with E-state index in [0.29, 0.717) is 25.1 Å². The third-order valence-corrected chi connectivity index (χ3v) is 5.14. The number of hydrogen-bond donors (Lipinski definition) is 2. The van der Waals surface area contributed by atoms with Gasteiger partial charge in [0.15, 0.2) is 0 Å². The molecule has 1 amide bonds. The van der Waals surface area contributed by atoms with Gasteiger partial charge in [-0.3, -0.25) is 4.79 Å². The molecule has 25 heavy (non-hydrogen) atoms. The van der Waals surface area contributed by atoms with Crippen LogP contribution < -0.4 is 14.8 Å². The number of hydrogen-bond acceptors (Lipinski definition) is 4. The van der Waals surface area contributed by atoms with E-state index in [2.05, 4.69) is 10.0 Å². The number of rotatable bonds is 8. The Bertz CT molecular complexity index is 800. The second-order valence-electron chi connectivity index (χ2n) is 5.42. The van der Waals surface area contributed by atoms with Crippen LogP contribution in [0.15, 0.2) is 53.4 Å². The van der Waals surface area contributed by atoms with Crippen molar-refractivity contribution >= 4 is 21.6 Å². The standard InChI is InChI=1S/C18H22N2O4S/c1-3-19-25(22,23)17-11-7-15(8-12-17)20-18(21)13-6-14-4-9-16(24-2)10-5-14/h4-5,7-12,19H,3,6,13H2,1-2H3,(H,20,21). The summed E-state index contributed by atoms with van der Waals surface area (Å²) in [5, 5.41) is 2.77. The molecule has 0 aliphatic carbocycles. The molecule has 0 bridgehead atoms. The average molecular weight is 362 g/mol. The average Bonchev–Trinajstić information content (AvgIpc) is 2.61. The molecule has 2 aromatic rings. The minimum atomic E-state index is -3.48. The van der Waals surface area contributed by atoms with Crippen LogP contribution in [0.4, 0.5) is 5.69 Å². The van der Waals surface area contributed by atoms with Crippen molar-refractivity contribution < 1.29 is 17.9 Å². The number of amides is 1. The Morgan fingerprint density at radius 3 is 2.24 bits per heavy atom. The van der Waals surface area contributed by atoms with Crippen LogP contribution in [0.3, 0.4) is 0 Å². The van der Waals surface area contributed by atoms with E-state index in [0.717, 1.165) is 11.3 Å². The summed E-state index contributed by atoms with van der Waals surface area (Å²) in [6.45, 7) is 2.04. The summed E-state index contributed by atoms with van der Waals surface area (Å²) in [5.74, 6) is 0.652. The Hall–Kier alpha value is -2.38. The maximum atomic E-state index is 12.0. The lowest BCUT2D eigenvalue weighted by Crippen LogP contribution is -2.23. The molecular formula is C18H22N2O4S. The molecule has 0 saturated carbocycles. The SMILES string of the molecule is CCNS(=O)(=O)c1ccc(NC(=O)CCc2ccc(OC)cc2)cc1. The van der Waals surface area contributed by atoms with Crippen LogP contribution in [0.2, 0.25) is 0 Å². The summed E-state index contributed by atoms with van der Waals surface area (Å²) in [7, 11) is -1.87. The van der Waals surface area contributed by atoms with E-state index >= 15 is 0 Å². The molecule has 6 nitrogen and oxygen atoms in total. The third kappa shape index (κ3) is 5.58. The number of methoxy groups -OCH3 is 1. The molecule has 0 aromatic heterocycles. The zero-order valence-electron chi connectivity index (χ0n) is 14.3. The van der Waals surface area contributed by atoms with Crippen molar-refractivity contribution in [2.75, 3.05) is 19.0 Å². The number of sulfonamides is 1. The Balaban J connectivity index is 1.89. The van der Waals surface area contributed by atoms with E-state index in [9.17, 15) is 13.2 Å². The summed E-state index contributed by atoms with van der Waals surface area (Å²) in [4.78, 5) is 12.2. The summed E-state index contributed by atoms with van der Waals surface area (Å²) < 4.78 is 31.2. The number of aryl methyl sites for hydroxylation is 1. The highest BCUT2D eigenvalue weighted by atomic mass is 32.2. The van der Waals surface area contributed by atoms with Crippen LogP contribution in [-0.4, -0.2) is 28.0 Å². The van der Waals surface area contributed by atoms with Crippen molar-refractivity contribution in [3.05, 3.63) is 54.1 Å². The fourth-order valence-electron chi connectivity index (χ4n) is 2.26. The Morgan fingerprint density at radius 2 is 1.68 bits per heavy atom. The van der Waals surface area contributed by atoms with Crippen LogP contribution in [0.25, 0.3) is 0 Å². The number of anilines is 1. The predicted octanol–water partition coefficient (Wildman–Crippen LogP) is 2.56. The number of carbonyl (C=O) groups is 1. The van der Waals surface area contributed by atoms with Gasteiger partial charge < -0.3 is 10.1 Å². The number of ether oxygens (including phenoxy) is 1. The fourth-order valence-corrected chi connectivity index (χ4v) is 3.31. The minimum Gasteiger partial charge on any atom is -0.497 e. The Morgan fingerprint density at radius 1 is 1.04 bits per heavy atom. The van der Waals surface area contributed by atoms with Gasteiger partial charge in [0.25, 0.3) is 0 Å². The topological polar surface area (TPSA) is 84.5 Å². The van der Waals surface area contributed by atoms with Gasteiger partial charge in [-0.1, -0.05) is 19.1 Å². The number of carbonyl (C=O) groups excluding carboxylic acids is 1. The zero-order valence-corrected chi connectivity index (χ0v) is 15.1. The van der Waals surface area contributed by atoms with Gasteiger partial charge in [0, 0.05) is 18.7 Å². The molecular weight excluding hydrogens is 340 g/mol. The minimum absolute atomic E-state index is 0.127. The highest BCUT2D eigenvalue weighted by molar-refractivity contribution is 7.89. The first-order valence-corrected chi connectivity index (χ1v) is 9.45. The fraction of sp³-hybridized carbons (Fsp3) is 0.278. The molecule has 2 N–H and O–H groups in total. The predicted molar refractivity (Wildman–Crippen MR) is 97.2 cm³/mol. The Kier molecular flexibility index (Phi) is 6.55. The molecule has 134 valence electrons. The summed E-state index contributed by atoms with van der Waals surface area (Å²) >= 11 is 0. The normalized spacial score (nSPS) is 11.1. The molecule has 0 saturated heterocycles. The molecule has 2 rings (SSSR count). The molecule has 0 aliphatic rings. The van der Waals surface area contributed by atoms with E-state index in [1.165, 1.54) is 12.1 Å². The molecule has 0 radical (unpaired) electrons. The van der Waals surface area contributed by atoms with E-state index in [-0.39, 0.29) is 10.8 Å². The zero-order chi connectivity index (χ0) is 18.3. The van der Waals surface area contributed by atoms with Crippen LogP contribution in [-0.2, 0) is 21.2 Å². The second-order valence-corrected chi connectivity index (χ2v) is 7.19. The number of nitrogens with one attached hydrogen (secondary N) is 2. The molecule has 0 unspecified atom stereocenters. The van der Waals surface area contributed by atoms with Crippen LogP contribution in [0.5, 0.6) is 5.75 Å². The smallest absolute Gasteiger partial charge is 0.240 e. The highest BCUT2D eigenvalue weighted by Gasteiger charge is 2.12. The number of benzene rings is 2. The van der Waals surface area contributed by atoms with Gasteiger partial charge in [0.1, 0.15) is 5.75 Å². The Labute approximate surface area is 148 Å². The monoisotopic (exact) mass is 362 g/mol. The summed E-state index contributed by atoms with van der Waals surface area (Å²) in [6, 6.07) is 13.7. The van der Waals surface area contributed by atoms with Crippen LogP contribution in [0.1, 0.15) is 18.9 Å². The van der Waals surface area contributed by atoms with Gasteiger partial charge in [-0.15, -0.1) is 0 Å². The molecule has 0 heterocycles. The first kappa shape index (κ1) is 19.0. The second kappa shape index (κ2) is 8.64. The lowest BCUT2D eigenvalue weighted by molar-refractivity contribution is -0.116. The molecule has 0 fully saturated rings. The lowest BCUT2D eigenvalue weighted by Gasteiger charge is -2.08. The molecule has 2 aromatic carbocycles. The first-order chi connectivity index (χ1) is 11.9. The van der Waals surface area contributed by atoms with Gasteiger partial charge in [-0.25, -0.2) is 13.1 Å². The van der Waals surface area contributed by atoms with Crippen molar-refractivity contribution in [1.29, 1.82) is 0 Å². The summed E-state index contributed by atoms with van der Waals surface area (Å²) in [5.41, 5.74) is 1.61. The van der Waals surface area contributed by atoms with E-state index in [1.807, 2.05) is 24.3 Å². The highest BCUT2D eigenvalue weighted by Crippen LogP contribution is 2.15. The van der Waals surface area contributed by atoms with E-state index < -0.39 is 10.0 Å². The van der Waals surface area contributed by atoms with E-state index in [4.69, 9.17) is 4.74 Å². The van der Waals surface area contributed by atoms with Crippen LogP contribution >= 0.6 is 0 Å². The van der Waals surface area contributed by atoms with Gasteiger partial charge in [-0.2, -0.15) is 0 Å². The molecule has 7 heteroatoms. The van der Waals surface area contributed by atoms with E-state index in [1.54, 1.807) is 26.2 Å². The summed E-state index contributed by atoms with van der Waals surface area (Å²) in [6.07, 6.45) is 0.951. The molecule has 0 atom stereocenters. The third-order valence-electron chi connectivity index (χ3n) is 3.58. The maximum absolute atomic E-state index is 12.0. The van der Waals surface area contributed by atoms with Gasteiger partial charge in [0.05, 0.1) is 12.0 Å². The molecule has 0 spiro atoms. The van der Waals surface area contributed by atoms with Crippen molar-refractivity contribution in [2.24, 2.45) is 0 Å². The van der Waals surface area contributed by atoms with Crippen molar-refractivity contribution in [1.82, 2.24) is 4.72 Å². The van der Waals surface area contributed by atoms with Gasteiger partial charge in [0.2, 0.25) is 15.9 Å². The van der Waals surface area contributed by atoms with Gasteiger partial charge >= 0.3 is 0 Å². The maximum Gasteiger partial charge on any atom is 0.240 e. The lowest BCUT2D eigenvalue weighted by atomic mass is 10.1. The first-order valence-electron chi connectivity index (χ1n) is 7.97. The molecule has 0 aliphatic heterocycles. The quantitative estimate of drug-likeness (QED) is 0.756. The van der Waals surface area contributed by atoms with Crippen molar-refractivity contribution in [3.63, 3.8) is 0 Å². The van der Waals surface area contributed by atoms with Crippen molar-refractivity contribution in [2.45, 2.75) is 24.7 Å². The van der Waals surface area contributed by atoms with Gasteiger partial charge in [-0.05, 0) is 48.4 Å².